The Kier molecular flexibility index (Phi) is 9.58. The predicted octanol–water partition coefficient (Wildman–Crippen LogP) is 5.34. The van der Waals surface area contributed by atoms with E-state index in [4.69, 9.17) is 5.11 Å². The van der Waals surface area contributed by atoms with Crippen LogP contribution in [0.25, 0.3) is 28.0 Å². The lowest BCUT2D eigenvalue weighted by Crippen LogP contribution is -2.47. The first-order chi connectivity index (χ1) is 19.8. The summed E-state index contributed by atoms with van der Waals surface area (Å²) in [6, 6.07) is 24.9. The molecule has 220 valence electrons. The molecule has 0 radical (unpaired) electrons. The van der Waals surface area contributed by atoms with E-state index in [1.54, 1.807) is 18.2 Å². The molecule has 0 amide bonds. The molecule has 9 heteroatoms. The van der Waals surface area contributed by atoms with Gasteiger partial charge in [0.1, 0.15) is 5.82 Å². The average molecular weight is 591 g/mol. The Labute approximate surface area is 246 Å². The van der Waals surface area contributed by atoms with E-state index in [1.807, 2.05) is 26.0 Å². The van der Waals surface area contributed by atoms with Crippen LogP contribution in [0.2, 0.25) is 0 Å². The van der Waals surface area contributed by atoms with E-state index in [1.165, 1.54) is 48.2 Å². The molecule has 0 fully saturated rings. The van der Waals surface area contributed by atoms with Crippen molar-refractivity contribution in [2.24, 2.45) is 0 Å². The summed E-state index contributed by atoms with van der Waals surface area (Å²) in [4.78, 5) is 10.7. The molecule has 0 heterocycles. The number of rotatable bonds is 12. The molecule has 0 aliphatic heterocycles. The lowest BCUT2D eigenvalue weighted by molar-refractivity contribution is -0.131. The number of aliphatic hydroxyl groups is 1. The van der Waals surface area contributed by atoms with Crippen molar-refractivity contribution in [1.82, 2.24) is 9.62 Å². The first-order valence-corrected chi connectivity index (χ1v) is 15.0. The third-order valence-corrected chi connectivity index (χ3v) is 8.88. The third kappa shape index (κ3) is 7.89. The van der Waals surface area contributed by atoms with E-state index in [-0.39, 0.29) is 29.1 Å². The Morgan fingerprint density at radius 3 is 2.31 bits per heavy atom. The van der Waals surface area contributed by atoms with Crippen LogP contribution >= 0.6 is 0 Å². The molecule has 4 aromatic rings. The second-order valence-corrected chi connectivity index (χ2v) is 13.0. The smallest absolute Gasteiger partial charge is 0.328 e. The molecule has 0 saturated heterocycles. The molecular formula is C33H35FN2O5S. The number of hydrogen-bond acceptors (Lipinski definition) is 5. The van der Waals surface area contributed by atoms with Gasteiger partial charge in [-0.15, -0.1) is 0 Å². The minimum Gasteiger partial charge on any atom is -0.478 e. The molecule has 0 spiro atoms. The van der Waals surface area contributed by atoms with E-state index < -0.39 is 27.9 Å². The maximum atomic E-state index is 14.4. The maximum absolute atomic E-state index is 14.4. The zero-order valence-electron chi connectivity index (χ0n) is 23.8. The van der Waals surface area contributed by atoms with Crippen LogP contribution in [0.4, 0.5) is 4.39 Å². The summed E-state index contributed by atoms with van der Waals surface area (Å²) in [5.74, 6) is -1.77. The van der Waals surface area contributed by atoms with E-state index in [2.05, 4.69) is 35.6 Å². The minimum absolute atomic E-state index is 0.0482. The number of aliphatic carboxylic acids is 1. The van der Waals surface area contributed by atoms with Crippen molar-refractivity contribution in [3.63, 3.8) is 0 Å². The van der Waals surface area contributed by atoms with Crippen molar-refractivity contribution >= 4 is 32.8 Å². The highest BCUT2D eigenvalue weighted by atomic mass is 32.2. The van der Waals surface area contributed by atoms with E-state index in [0.717, 1.165) is 22.4 Å². The van der Waals surface area contributed by atoms with Crippen molar-refractivity contribution in [2.45, 2.75) is 36.8 Å². The van der Waals surface area contributed by atoms with Crippen LogP contribution in [0, 0.1) is 5.82 Å². The van der Waals surface area contributed by atoms with Crippen LogP contribution in [0.15, 0.2) is 95.9 Å². The second-order valence-electron chi connectivity index (χ2n) is 11.0. The predicted molar refractivity (Wildman–Crippen MR) is 164 cm³/mol. The number of likely N-dealkylation sites (N-methyl/N-ethyl adjacent to an activating group) is 1. The topological polar surface area (TPSA) is 107 Å². The van der Waals surface area contributed by atoms with Gasteiger partial charge in [-0.2, -0.15) is 4.31 Å². The summed E-state index contributed by atoms with van der Waals surface area (Å²) in [6.07, 6.45) is 1.82. The zero-order valence-corrected chi connectivity index (χ0v) is 24.6. The number of hydrogen-bond donors (Lipinski definition) is 3. The SMILES string of the molecule is CN(C[C@H](O)CNC(C)(C)Cc1ccc2ccccc2c1)S(=O)(=O)c1ccc(-c2ccc(/C=C/C(=O)O)c(F)c2)cc1. The molecule has 42 heavy (non-hydrogen) atoms. The lowest BCUT2D eigenvalue weighted by atomic mass is 9.93. The van der Waals surface area contributed by atoms with Crippen molar-refractivity contribution in [1.29, 1.82) is 0 Å². The van der Waals surface area contributed by atoms with Gasteiger partial charge in [-0.25, -0.2) is 17.6 Å². The molecule has 1 atom stereocenters. The van der Waals surface area contributed by atoms with Gasteiger partial charge in [-0.1, -0.05) is 66.7 Å². The Morgan fingerprint density at radius 2 is 1.64 bits per heavy atom. The Morgan fingerprint density at radius 1 is 0.976 bits per heavy atom. The van der Waals surface area contributed by atoms with Gasteiger partial charge in [0.25, 0.3) is 0 Å². The number of halogens is 1. The number of benzene rings is 4. The van der Waals surface area contributed by atoms with Gasteiger partial charge in [0.15, 0.2) is 0 Å². The lowest BCUT2D eigenvalue weighted by Gasteiger charge is -2.29. The largest absolute Gasteiger partial charge is 0.478 e. The van der Waals surface area contributed by atoms with Crippen molar-refractivity contribution in [3.8, 4) is 11.1 Å². The molecule has 7 nitrogen and oxygen atoms in total. The number of nitrogens with one attached hydrogen (secondary N) is 1. The van der Waals surface area contributed by atoms with Crippen molar-refractivity contribution < 1.29 is 27.8 Å². The monoisotopic (exact) mass is 590 g/mol. The Hall–Kier alpha value is -3.89. The standard InChI is InChI=1S/C33H35FN2O5S/c1-33(2,20-23-8-9-24-6-4-5-7-27(24)18-23)35-21-29(37)22-36(3)42(40,41)30-15-12-25(13-16-30)28-11-10-26(31(34)19-28)14-17-32(38)39/h4-19,29,35,37H,20-22H2,1-3H3,(H,38,39)/b17-14+/t29-/m1/s1. The minimum atomic E-state index is -3.88. The molecule has 0 bridgehead atoms. The molecule has 0 aromatic heterocycles. The fourth-order valence-electron chi connectivity index (χ4n) is 4.78. The summed E-state index contributed by atoms with van der Waals surface area (Å²) >= 11 is 0. The quantitative estimate of drug-likeness (QED) is 0.193. The van der Waals surface area contributed by atoms with E-state index >= 15 is 0 Å². The van der Waals surface area contributed by atoms with Gasteiger partial charge in [0.05, 0.1) is 11.0 Å². The van der Waals surface area contributed by atoms with E-state index in [9.17, 15) is 22.7 Å². The van der Waals surface area contributed by atoms with Gasteiger partial charge in [0, 0.05) is 37.3 Å². The molecular weight excluding hydrogens is 555 g/mol. The number of carbonyl (C=O) groups is 1. The average Bonchev–Trinajstić information content (AvgIpc) is 2.95. The summed E-state index contributed by atoms with van der Waals surface area (Å²) in [6.45, 7) is 4.20. The van der Waals surface area contributed by atoms with Gasteiger partial charge >= 0.3 is 5.97 Å². The number of β-amino-alcohol motifs (C(OH)–C–C–N with tert-alkyl or cyclic N) is 1. The number of fused-ring (bicyclic) bond motifs is 1. The number of carboxylic acids is 1. The van der Waals surface area contributed by atoms with E-state index in [0.29, 0.717) is 11.1 Å². The number of nitrogens with zero attached hydrogens (tertiary/aromatic N) is 1. The van der Waals surface area contributed by atoms with Gasteiger partial charge < -0.3 is 15.5 Å². The summed E-state index contributed by atoms with van der Waals surface area (Å²) < 4.78 is 41.9. The van der Waals surface area contributed by atoms with Crippen LogP contribution in [-0.2, 0) is 21.2 Å². The molecule has 4 rings (SSSR count). The number of aliphatic hydroxyl groups excluding tert-OH is 1. The Balaban J connectivity index is 1.35. The van der Waals surface area contributed by atoms with Crippen molar-refractivity contribution in [2.75, 3.05) is 20.1 Å². The van der Waals surface area contributed by atoms with Crippen LogP contribution < -0.4 is 5.32 Å². The summed E-state index contributed by atoms with van der Waals surface area (Å²) in [5, 5.41) is 25.1. The zero-order chi connectivity index (χ0) is 30.5. The number of sulfonamides is 1. The molecule has 0 aliphatic carbocycles. The first-order valence-electron chi connectivity index (χ1n) is 13.5. The highest BCUT2D eigenvalue weighted by Crippen LogP contribution is 2.25. The molecule has 3 N–H and O–H groups in total. The first kappa shape index (κ1) is 31.1. The fraction of sp³-hybridized carbons (Fsp3) is 0.242. The van der Waals surface area contributed by atoms with Crippen molar-refractivity contribution in [3.05, 3.63) is 108 Å². The van der Waals surface area contributed by atoms with Crippen LogP contribution in [0.3, 0.4) is 0 Å². The molecule has 0 unspecified atom stereocenters. The third-order valence-electron chi connectivity index (χ3n) is 7.05. The fourth-order valence-corrected chi connectivity index (χ4v) is 5.99. The normalized spacial score (nSPS) is 13.2. The molecule has 0 saturated carbocycles. The highest BCUT2D eigenvalue weighted by molar-refractivity contribution is 7.89. The second kappa shape index (κ2) is 13.0. The summed E-state index contributed by atoms with van der Waals surface area (Å²) in [5.41, 5.74) is 2.08. The molecule has 4 aromatic carbocycles. The van der Waals surface area contributed by atoms with Gasteiger partial charge in [-0.3, -0.25) is 0 Å². The van der Waals surface area contributed by atoms with Crippen LogP contribution in [0.5, 0.6) is 0 Å². The molecule has 0 aliphatic rings. The maximum Gasteiger partial charge on any atom is 0.328 e. The summed E-state index contributed by atoms with van der Waals surface area (Å²) in [7, 11) is -2.46. The van der Waals surface area contributed by atoms with Crippen LogP contribution in [0.1, 0.15) is 25.0 Å². The van der Waals surface area contributed by atoms with Gasteiger partial charge in [0.2, 0.25) is 10.0 Å². The highest BCUT2D eigenvalue weighted by Gasteiger charge is 2.25. The Bertz CT molecular complexity index is 1700. The van der Waals surface area contributed by atoms with Gasteiger partial charge in [-0.05, 0) is 72.0 Å². The number of carboxylic acid groups (broad SMARTS) is 1. The van der Waals surface area contributed by atoms with Crippen LogP contribution in [-0.4, -0.2) is 60.7 Å².